The summed E-state index contributed by atoms with van der Waals surface area (Å²) in [5.74, 6) is 0. The Bertz CT molecular complexity index is 4170. The van der Waals surface area contributed by atoms with Crippen molar-refractivity contribution in [2.45, 2.75) is 20.3 Å². The van der Waals surface area contributed by atoms with Gasteiger partial charge < -0.3 is 9.80 Å². The monoisotopic (exact) mass is 958 g/mol. The van der Waals surface area contributed by atoms with E-state index >= 15 is 0 Å². The van der Waals surface area contributed by atoms with Crippen molar-refractivity contribution in [3.8, 4) is 33.4 Å². The van der Waals surface area contributed by atoms with Gasteiger partial charge in [-0.05, 0) is 181 Å². The largest absolute Gasteiger partial charge is 0.310 e. The van der Waals surface area contributed by atoms with E-state index in [2.05, 4.69) is 303 Å². The van der Waals surface area contributed by atoms with Crippen LogP contribution in [0.1, 0.15) is 24.5 Å². The molecule has 1 aliphatic rings. The molecule has 0 aromatic heterocycles. The highest BCUT2D eigenvalue weighted by molar-refractivity contribution is 6.26. The predicted molar refractivity (Wildman–Crippen MR) is 322 cm³/mol. The molecule has 0 heterocycles. The fraction of sp³-hybridized carbons (Fsp3) is 0.0411. The van der Waals surface area contributed by atoms with Crippen molar-refractivity contribution in [2.24, 2.45) is 0 Å². The number of anilines is 6. The van der Waals surface area contributed by atoms with Gasteiger partial charge in [-0.1, -0.05) is 217 Å². The van der Waals surface area contributed by atoms with Gasteiger partial charge in [0.15, 0.2) is 0 Å². The maximum absolute atomic E-state index is 2.45. The van der Waals surface area contributed by atoms with Crippen molar-refractivity contribution in [1.82, 2.24) is 0 Å². The van der Waals surface area contributed by atoms with E-state index in [1.807, 2.05) is 0 Å². The van der Waals surface area contributed by atoms with Crippen LogP contribution < -0.4 is 9.80 Å². The first-order valence-corrected chi connectivity index (χ1v) is 26.0. The Balaban J connectivity index is 1.09. The van der Waals surface area contributed by atoms with Crippen LogP contribution in [0, 0.1) is 6.92 Å². The number of nitrogens with zero attached hydrogens (tertiary/aromatic N) is 2. The average molecular weight is 959 g/mol. The molecule has 0 bridgehead atoms. The molecule has 12 aromatic rings. The van der Waals surface area contributed by atoms with Crippen molar-refractivity contribution < 1.29 is 0 Å². The van der Waals surface area contributed by atoms with Gasteiger partial charge in [0, 0.05) is 34.1 Å². The Morgan fingerprint density at radius 1 is 0.307 bits per heavy atom. The van der Waals surface area contributed by atoms with Crippen LogP contribution in [0.15, 0.2) is 285 Å². The van der Waals surface area contributed by atoms with Gasteiger partial charge in [-0.3, -0.25) is 0 Å². The van der Waals surface area contributed by atoms with Crippen LogP contribution >= 0.6 is 0 Å². The molecule has 2 heteroatoms. The van der Waals surface area contributed by atoms with Gasteiger partial charge in [-0.2, -0.15) is 0 Å². The normalized spacial score (nSPS) is 12.5. The van der Waals surface area contributed by atoms with Crippen molar-refractivity contribution in [2.75, 3.05) is 9.80 Å². The summed E-state index contributed by atoms with van der Waals surface area (Å²) < 4.78 is 0. The maximum atomic E-state index is 2.45. The molecule has 0 aliphatic heterocycles. The Morgan fingerprint density at radius 2 is 0.720 bits per heavy atom. The van der Waals surface area contributed by atoms with E-state index in [4.69, 9.17) is 0 Å². The first kappa shape index (κ1) is 45.4. The van der Waals surface area contributed by atoms with Crippen LogP contribution in [0.25, 0.3) is 82.0 Å². The Morgan fingerprint density at radius 3 is 1.23 bits per heavy atom. The SMILES string of the molecule is CC1=CC=C(c2ccc(N(c3ccccc3)c3ccc4c(-c5cccc6ccccc56)c5cc(N(c6ccccc6)c6ccc(-c7ccc(C)cc7)cc6)ccc5c(-c5cccc6ccccc56)c4c3)cc2)CC=C1. The van der Waals surface area contributed by atoms with Crippen molar-refractivity contribution in [3.05, 3.63) is 296 Å². The molecule has 2 nitrogen and oxygen atoms in total. The number of para-hydroxylation sites is 2. The second kappa shape index (κ2) is 19.5. The molecule has 0 atom stereocenters. The molecule has 0 N–H and O–H groups in total. The highest BCUT2D eigenvalue weighted by Gasteiger charge is 2.24. The quantitative estimate of drug-likeness (QED) is 0.126. The molecular weight excluding hydrogens is 905 g/mol. The van der Waals surface area contributed by atoms with Crippen LogP contribution in [0.2, 0.25) is 0 Å². The second-order valence-corrected chi connectivity index (χ2v) is 19.8. The van der Waals surface area contributed by atoms with Crippen LogP contribution in [-0.2, 0) is 0 Å². The van der Waals surface area contributed by atoms with Crippen LogP contribution in [0.4, 0.5) is 34.1 Å². The molecule has 13 rings (SSSR count). The van der Waals surface area contributed by atoms with E-state index in [-0.39, 0.29) is 0 Å². The molecule has 75 heavy (non-hydrogen) atoms. The molecule has 1 aliphatic carbocycles. The van der Waals surface area contributed by atoms with E-state index in [0.29, 0.717) is 0 Å². The standard InChI is InChI=1S/C73H54N2/c1-50-16-13-19-52(33-30-50)54-36-40-60(41-37-54)74(58-22-5-3-6-23-58)62-44-46-68-70(48-62)72(66-28-14-20-56-17-9-11-26-64(56)66)69-47-45-63(49-71(69)73(68)67-29-15-21-57-18-10-12-27-65(57)67)75(59-24-7-4-8-25-59)61-42-38-55(39-43-61)53-34-31-51(2)32-35-53/h3-18,20-49H,19H2,1-2H3. The van der Waals surface area contributed by atoms with Crippen LogP contribution in [0.5, 0.6) is 0 Å². The second-order valence-electron chi connectivity index (χ2n) is 19.8. The lowest BCUT2D eigenvalue weighted by Gasteiger charge is -2.28. The molecule has 356 valence electrons. The third kappa shape index (κ3) is 8.57. The number of hydrogen-bond acceptors (Lipinski definition) is 2. The molecule has 0 fully saturated rings. The maximum Gasteiger partial charge on any atom is 0.0468 e. The summed E-state index contributed by atoms with van der Waals surface area (Å²) in [6.07, 6.45) is 9.85. The van der Waals surface area contributed by atoms with Gasteiger partial charge in [-0.25, -0.2) is 0 Å². The fourth-order valence-corrected chi connectivity index (χ4v) is 11.3. The number of benzene rings is 12. The molecule has 0 radical (unpaired) electrons. The number of rotatable bonds is 10. The Labute approximate surface area is 439 Å². The van der Waals surface area contributed by atoms with Gasteiger partial charge in [0.2, 0.25) is 0 Å². The van der Waals surface area contributed by atoms with Gasteiger partial charge in [0.25, 0.3) is 0 Å². The van der Waals surface area contributed by atoms with E-state index < -0.39 is 0 Å². The van der Waals surface area contributed by atoms with Gasteiger partial charge in [-0.15, -0.1) is 0 Å². The summed E-state index contributed by atoms with van der Waals surface area (Å²) in [6, 6.07) is 94.1. The summed E-state index contributed by atoms with van der Waals surface area (Å²) >= 11 is 0. The van der Waals surface area contributed by atoms with Gasteiger partial charge in [0.1, 0.15) is 0 Å². The fourth-order valence-electron chi connectivity index (χ4n) is 11.3. The lowest BCUT2D eigenvalue weighted by atomic mass is 9.83. The molecule has 0 spiro atoms. The van der Waals surface area contributed by atoms with Crippen LogP contribution in [0.3, 0.4) is 0 Å². The van der Waals surface area contributed by atoms with Gasteiger partial charge in [0.05, 0.1) is 0 Å². The highest BCUT2D eigenvalue weighted by Crippen LogP contribution is 2.50. The smallest absolute Gasteiger partial charge is 0.0468 e. The molecular formula is C73H54N2. The summed E-state index contributed by atoms with van der Waals surface area (Å²) in [5.41, 5.74) is 18.8. The van der Waals surface area contributed by atoms with Crippen molar-refractivity contribution in [1.29, 1.82) is 0 Å². The molecule has 12 aromatic carbocycles. The number of allylic oxidation sites excluding steroid dienone is 6. The minimum atomic E-state index is 0.900. The first-order valence-electron chi connectivity index (χ1n) is 26.0. The zero-order valence-corrected chi connectivity index (χ0v) is 42.2. The van der Waals surface area contributed by atoms with Gasteiger partial charge >= 0.3 is 0 Å². The van der Waals surface area contributed by atoms with E-state index in [9.17, 15) is 0 Å². The lowest BCUT2D eigenvalue weighted by molar-refractivity contribution is 1.28. The third-order valence-electron chi connectivity index (χ3n) is 15.0. The predicted octanol–water partition coefficient (Wildman–Crippen LogP) is 20.8. The lowest BCUT2D eigenvalue weighted by Crippen LogP contribution is -2.10. The van der Waals surface area contributed by atoms with Crippen LogP contribution in [-0.4, -0.2) is 0 Å². The third-order valence-corrected chi connectivity index (χ3v) is 15.0. The first-order chi connectivity index (χ1) is 37.0. The summed E-state index contributed by atoms with van der Waals surface area (Å²) in [7, 11) is 0. The van der Waals surface area contributed by atoms with Crippen molar-refractivity contribution >= 4 is 82.8 Å². The number of fused-ring (bicyclic) bond motifs is 4. The summed E-state index contributed by atoms with van der Waals surface area (Å²) in [5, 5.41) is 9.62. The summed E-state index contributed by atoms with van der Waals surface area (Å²) in [6.45, 7) is 4.29. The average Bonchev–Trinajstić information content (AvgIpc) is 3.70. The molecule has 0 unspecified atom stereocenters. The van der Waals surface area contributed by atoms with E-state index in [1.165, 1.54) is 98.7 Å². The highest BCUT2D eigenvalue weighted by atomic mass is 15.1. The molecule has 0 saturated heterocycles. The van der Waals surface area contributed by atoms with Crippen molar-refractivity contribution in [3.63, 3.8) is 0 Å². The number of hydrogen-bond donors (Lipinski definition) is 0. The Hall–Kier alpha value is -9.50. The molecule has 0 saturated carbocycles. The summed E-state index contributed by atoms with van der Waals surface area (Å²) in [4.78, 5) is 4.81. The minimum Gasteiger partial charge on any atom is -0.310 e. The van der Waals surface area contributed by atoms with E-state index in [0.717, 1.165) is 40.5 Å². The molecule has 0 amide bonds. The number of aryl methyl sites for hydroxylation is 1. The Kier molecular flexibility index (Phi) is 11.8. The zero-order chi connectivity index (χ0) is 50.2. The minimum absolute atomic E-state index is 0.900. The topological polar surface area (TPSA) is 6.48 Å². The van der Waals surface area contributed by atoms with E-state index in [1.54, 1.807) is 0 Å². The zero-order valence-electron chi connectivity index (χ0n) is 42.2.